The highest BCUT2D eigenvalue weighted by Gasteiger charge is 2.32. The summed E-state index contributed by atoms with van der Waals surface area (Å²) < 4.78 is 1.03. The lowest BCUT2D eigenvalue weighted by Crippen LogP contribution is -2.44. The Hall–Kier alpha value is -1.75. The number of benzene rings is 1. The maximum Gasteiger partial charge on any atom is 0.253 e. The van der Waals surface area contributed by atoms with Crippen molar-refractivity contribution >= 4 is 21.8 Å². The molecule has 1 unspecified atom stereocenters. The van der Waals surface area contributed by atoms with Crippen LogP contribution in [0, 0.1) is 0 Å². The minimum atomic E-state index is -0.161. The van der Waals surface area contributed by atoms with Crippen LogP contribution in [0.2, 0.25) is 0 Å². The van der Waals surface area contributed by atoms with Gasteiger partial charge in [-0.3, -0.25) is 4.79 Å². The van der Waals surface area contributed by atoms with Gasteiger partial charge < -0.3 is 15.5 Å². The highest BCUT2D eigenvalue weighted by molar-refractivity contribution is 9.10. The summed E-state index contributed by atoms with van der Waals surface area (Å²) in [6, 6.07) is 7.92. The Kier molecular flexibility index (Phi) is 4.76. The number of nitrogens with one attached hydrogen (secondary N) is 2. The molecule has 0 spiro atoms. The molecular weight excluding hydrogens is 354 g/mol. The van der Waals surface area contributed by atoms with Crippen LogP contribution in [0.5, 0.6) is 0 Å². The van der Waals surface area contributed by atoms with Crippen LogP contribution in [0.3, 0.4) is 0 Å². The first-order valence-electron chi connectivity index (χ1n) is 8.04. The van der Waals surface area contributed by atoms with E-state index in [4.69, 9.17) is 0 Å². The van der Waals surface area contributed by atoms with Gasteiger partial charge in [0.05, 0.1) is 17.4 Å². The van der Waals surface area contributed by atoms with E-state index in [1.807, 2.05) is 36.1 Å². The van der Waals surface area contributed by atoms with Gasteiger partial charge in [-0.05, 0) is 43.9 Å². The number of hydrogen-bond acceptors (Lipinski definition) is 3. The van der Waals surface area contributed by atoms with Gasteiger partial charge in [0.15, 0.2) is 0 Å². The first kappa shape index (κ1) is 16.1. The SMILES string of the molecule is C=C1NC(C)=C(C(=O)N2CCCCC2)C(c2ccc(Br)cc2)N1. The lowest BCUT2D eigenvalue weighted by atomic mass is 9.93. The Balaban J connectivity index is 1.95. The van der Waals surface area contributed by atoms with E-state index in [0.717, 1.165) is 53.1 Å². The second kappa shape index (κ2) is 6.79. The summed E-state index contributed by atoms with van der Waals surface area (Å²) in [4.78, 5) is 15.0. The molecule has 1 saturated heterocycles. The third kappa shape index (κ3) is 3.44. The molecule has 2 aliphatic rings. The average molecular weight is 376 g/mol. The quantitative estimate of drug-likeness (QED) is 0.831. The molecule has 4 nitrogen and oxygen atoms in total. The maximum absolute atomic E-state index is 13.1. The number of likely N-dealkylation sites (tertiary alicyclic amines) is 1. The molecule has 1 aromatic rings. The van der Waals surface area contributed by atoms with Gasteiger partial charge in [0.25, 0.3) is 5.91 Å². The average Bonchev–Trinajstić information content (AvgIpc) is 2.55. The second-order valence-corrected chi connectivity index (χ2v) is 7.04. The summed E-state index contributed by atoms with van der Waals surface area (Å²) in [5.74, 6) is 0.855. The fraction of sp³-hybridized carbons (Fsp3) is 0.389. The number of piperidine rings is 1. The largest absolute Gasteiger partial charge is 0.361 e. The van der Waals surface area contributed by atoms with Crippen molar-refractivity contribution in [2.45, 2.75) is 32.2 Å². The Bertz CT molecular complexity index is 645. The minimum absolute atomic E-state index is 0.127. The van der Waals surface area contributed by atoms with Crippen molar-refractivity contribution in [3.05, 3.63) is 58.0 Å². The predicted octanol–water partition coefficient (Wildman–Crippen LogP) is 3.44. The molecule has 1 aromatic carbocycles. The zero-order valence-corrected chi connectivity index (χ0v) is 14.9. The van der Waals surface area contributed by atoms with Crippen LogP contribution in [-0.2, 0) is 4.79 Å². The van der Waals surface area contributed by atoms with Crippen molar-refractivity contribution in [3.8, 4) is 0 Å². The monoisotopic (exact) mass is 375 g/mol. The van der Waals surface area contributed by atoms with Crippen molar-refractivity contribution in [2.24, 2.45) is 0 Å². The Morgan fingerprint density at radius 1 is 1.22 bits per heavy atom. The molecule has 5 heteroatoms. The molecule has 2 aliphatic heterocycles. The standard InChI is InChI=1S/C18H22BrN3O/c1-12-16(18(23)22-10-4-3-5-11-22)17(21-13(2)20-12)14-6-8-15(19)9-7-14/h6-9,17,20-21H,2-5,10-11H2,1H3. The maximum atomic E-state index is 13.1. The minimum Gasteiger partial charge on any atom is -0.361 e. The van der Waals surface area contributed by atoms with Crippen molar-refractivity contribution in [1.29, 1.82) is 0 Å². The Morgan fingerprint density at radius 3 is 2.52 bits per heavy atom. The second-order valence-electron chi connectivity index (χ2n) is 6.12. The molecule has 2 heterocycles. The van der Waals surface area contributed by atoms with Gasteiger partial charge in [0, 0.05) is 23.3 Å². The molecular formula is C18H22BrN3O. The van der Waals surface area contributed by atoms with E-state index in [2.05, 4.69) is 33.1 Å². The third-order valence-corrected chi connectivity index (χ3v) is 4.96. The smallest absolute Gasteiger partial charge is 0.253 e. The van der Waals surface area contributed by atoms with E-state index < -0.39 is 0 Å². The predicted molar refractivity (Wildman–Crippen MR) is 95.4 cm³/mol. The molecule has 2 N–H and O–H groups in total. The summed E-state index contributed by atoms with van der Waals surface area (Å²) in [5.41, 5.74) is 2.74. The Labute approximate surface area is 145 Å². The van der Waals surface area contributed by atoms with E-state index in [-0.39, 0.29) is 11.9 Å². The molecule has 0 saturated carbocycles. The summed E-state index contributed by atoms with van der Waals surface area (Å²) >= 11 is 3.46. The topological polar surface area (TPSA) is 44.4 Å². The molecule has 0 aliphatic carbocycles. The summed E-state index contributed by atoms with van der Waals surface area (Å²) in [7, 11) is 0. The van der Waals surface area contributed by atoms with Crippen LogP contribution in [0.4, 0.5) is 0 Å². The van der Waals surface area contributed by atoms with Gasteiger partial charge in [-0.2, -0.15) is 0 Å². The normalized spacial score (nSPS) is 21.7. The fourth-order valence-electron chi connectivity index (χ4n) is 3.25. The molecule has 122 valence electrons. The fourth-order valence-corrected chi connectivity index (χ4v) is 3.51. The number of halogens is 1. The summed E-state index contributed by atoms with van der Waals surface area (Å²) in [6.45, 7) is 7.63. The van der Waals surface area contributed by atoms with Gasteiger partial charge in [0.2, 0.25) is 0 Å². The molecule has 1 amide bonds. The highest BCUT2D eigenvalue weighted by atomic mass is 79.9. The molecule has 0 bridgehead atoms. The van der Waals surface area contributed by atoms with Gasteiger partial charge >= 0.3 is 0 Å². The summed E-state index contributed by atoms with van der Waals surface area (Å²) in [6.07, 6.45) is 3.40. The number of hydrogen-bond donors (Lipinski definition) is 2. The van der Waals surface area contributed by atoms with E-state index in [1.165, 1.54) is 6.42 Å². The van der Waals surface area contributed by atoms with Crippen molar-refractivity contribution in [1.82, 2.24) is 15.5 Å². The van der Waals surface area contributed by atoms with Crippen molar-refractivity contribution < 1.29 is 4.79 Å². The lowest BCUT2D eigenvalue weighted by Gasteiger charge is -2.35. The number of allylic oxidation sites excluding steroid dienone is 1. The first-order chi connectivity index (χ1) is 11.1. The molecule has 0 radical (unpaired) electrons. The number of carbonyl (C=O) groups excluding carboxylic acids is 1. The zero-order valence-electron chi connectivity index (χ0n) is 13.4. The zero-order chi connectivity index (χ0) is 16.4. The lowest BCUT2D eigenvalue weighted by molar-refractivity contribution is -0.128. The molecule has 0 aromatic heterocycles. The summed E-state index contributed by atoms with van der Waals surface area (Å²) in [5, 5.41) is 6.50. The number of nitrogens with zero attached hydrogens (tertiary/aromatic N) is 1. The number of rotatable bonds is 2. The van der Waals surface area contributed by atoms with E-state index in [1.54, 1.807) is 0 Å². The van der Waals surface area contributed by atoms with Crippen LogP contribution in [0.15, 0.2) is 52.4 Å². The number of carbonyl (C=O) groups is 1. The van der Waals surface area contributed by atoms with E-state index in [9.17, 15) is 4.79 Å². The molecule has 3 rings (SSSR count). The molecule has 1 fully saturated rings. The molecule has 1 atom stereocenters. The third-order valence-electron chi connectivity index (χ3n) is 4.43. The van der Waals surface area contributed by atoms with E-state index >= 15 is 0 Å². The van der Waals surface area contributed by atoms with Crippen LogP contribution in [0.1, 0.15) is 37.8 Å². The van der Waals surface area contributed by atoms with Gasteiger partial charge in [-0.1, -0.05) is 34.6 Å². The van der Waals surface area contributed by atoms with Crippen LogP contribution >= 0.6 is 15.9 Å². The Morgan fingerprint density at radius 2 is 1.87 bits per heavy atom. The van der Waals surface area contributed by atoms with Gasteiger partial charge in [-0.15, -0.1) is 0 Å². The van der Waals surface area contributed by atoms with E-state index in [0.29, 0.717) is 0 Å². The van der Waals surface area contributed by atoms with Crippen LogP contribution in [-0.4, -0.2) is 23.9 Å². The van der Waals surface area contributed by atoms with Crippen molar-refractivity contribution in [3.63, 3.8) is 0 Å². The highest BCUT2D eigenvalue weighted by Crippen LogP contribution is 2.30. The number of amides is 1. The van der Waals surface area contributed by atoms with Crippen LogP contribution in [0.25, 0.3) is 0 Å². The van der Waals surface area contributed by atoms with Crippen molar-refractivity contribution in [2.75, 3.05) is 13.1 Å². The van der Waals surface area contributed by atoms with Crippen LogP contribution < -0.4 is 10.6 Å². The van der Waals surface area contributed by atoms with Gasteiger partial charge in [-0.25, -0.2) is 0 Å². The molecule has 23 heavy (non-hydrogen) atoms. The van der Waals surface area contributed by atoms with Gasteiger partial charge in [0.1, 0.15) is 0 Å². The first-order valence-corrected chi connectivity index (χ1v) is 8.83.